The lowest BCUT2D eigenvalue weighted by Crippen LogP contribution is -2.25. The molecule has 2 saturated carbocycles. The van der Waals surface area contributed by atoms with Crippen LogP contribution in [0.3, 0.4) is 0 Å². The SMILES string of the molecule is CC(C)Cc1ncc2nc(Nc3c(F)cc(F)cc3F)n(C3CCC(C(=O)CC4CC4)CC3)c2n1. The van der Waals surface area contributed by atoms with Crippen LogP contribution < -0.4 is 5.32 Å². The first-order valence-corrected chi connectivity index (χ1v) is 12.5. The van der Waals surface area contributed by atoms with Crippen molar-refractivity contribution in [3.8, 4) is 0 Å². The highest BCUT2D eigenvalue weighted by Crippen LogP contribution is 2.40. The van der Waals surface area contributed by atoms with Gasteiger partial charge in [0.1, 0.15) is 28.6 Å². The van der Waals surface area contributed by atoms with Crippen LogP contribution >= 0.6 is 0 Å². The van der Waals surface area contributed by atoms with Crippen LogP contribution in [-0.2, 0) is 11.2 Å². The standard InChI is InChI=1S/C26H30F3N5O/c1-14(2)9-23-30-13-21-25(32-23)34(18-7-5-16(6-8-18)22(35)10-15-3-4-15)26(31-21)33-24-19(28)11-17(27)12-20(24)29/h11-16,18H,3-10H2,1-2H3,(H,31,33). The monoisotopic (exact) mass is 485 g/mol. The molecule has 0 atom stereocenters. The lowest BCUT2D eigenvalue weighted by atomic mass is 9.82. The number of hydrogen-bond donors (Lipinski definition) is 1. The Morgan fingerprint density at radius 3 is 2.37 bits per heavy atom. The zero-order valence-corrected chi connectivity index (χ0v) is 20.0. The van der Waals surface area contributed by atoms with E-state index in [4.69, 9.17) is 4.98 Å². The van der Waals surface area contributed by atoms with Crippen molar-refractivity contribution in [1.82, 2.24) is 19.5 Å². The van der Waals surface area contributed by atoms with Gasteiger partial charge in [0, 0.05) is 36.9 Å². The van der Waals surface area contributed by atoms with E-state index in [0.717, 1.165) is 38.5 Å². The largest absolute Gasteiger partial charge is 0.321 e. The number of benzene rings is 1. The molecule has 0 amide bonds. The number of halogens is 3. The Balaban J connectivity index is 1.48. The van der Waals surface area contributed by atoms with Gasteiger partial charge in [-0.1, -0.05) is 13.8 Å². The highest BCUT2D eigenvalue weighted by atomic mass is 19.1. The van der Waals surface area contributed by atoms with Gasteiger partial charge in [-0.25, -0.2) is 28.1 Å². The van der Waals surface area contributed by atoms with Crippen molar-refractivity contribution in [2.24, 2.45) is 17.8 Å². The molecule has 0 unspecified atom stereocenters. The van der Waals surface area contributed by atoms with Gasteiger partial charge in [0.25, 0.3) is 0 Å². The highest BCUT2D eigenvalue weighted by Gasteiger charge is 2.33. The molecule has 3 aromatic rings. The van der Waals surface area contributed by atoms with Gasteiger partial charge in [-0.2, -0.15) is 0 Å². The summed E-state index contributed by atoms with van der Waals surface area (Å²) >= 11 is 0. The number of imidazole rings is 1. The third kappa shape index (κ3) is 5.18. The predicted molar refractivity (Wildman–Crippen MR) is 127 cm³/mol. The first-order chi connectivity index (χ1) is 16.8. The average Bonchev–Trinajstić information content (AvgIpc) is 3.54. The summed E-state index contributed by atoms with van der Waals surface area (Å²) in [4.78, 5) is 26.3. The number of anilines is 2. The normalized spacial score (nSPS) is 20.5. The van der Waals surface area contributed by atoms with Gasteiger partial charge in [-0.05, 0) is 50.4 Å². The van der Waals surface area contributed by atoms with Crippen molar-refractivity contribution >= 4 is 28.6 Å². The number of rotatable bonds is 8. The average molecular weight is 486 g/mol. The third-order valence-corrected chi connectivity index (χ3v) is 7.02. The van der Waals surface area contributed by atoms with Crippen LogP contribution in [0.25, 0.3) is 11.2 Å². The molecule has 2 aliphatic carbocycles. The summed E-state index contributed by atoms with van der Waals surface area (Å²) in [6.45, 7) is 4.16. The molecule has 186 valence electrons. The zero-order chi connectivity index (χ0) is 24.7. The molecule has 0 radical (unpaired) electrons. The van der Waals surface area contributed by atoms with Crippen LogP contribution in [0.4, 0.5) is 24.8 Å². The second-order valence-corrected chi connectivity index (χ2v) is 10.4. The number of ketones is 1. The van der Waals surface area contributed by atoms with Gasteiger partial charge in [0.05, 0.1) is 6.20 Å². The summed E-state index contributed by atoms with van der Waals surface area (Å²) in [5.74, 6) is -0.808. The third-order valence-electron chi connectivity index (χ3n) is 7.02. The van der Waals surface area contributed by atoms with Crippen LogP contribution in [0.1, 0.15) is 70.7 Å². The summed E-state index contributed by atoms with van der Waals surface area (Å²) in [5, 5.41) is 2.75. The van der Waals surface area contributed by atoms with Crippen LogP contribution in [0.2, 0.25) is 0 Å². The predicted octanol–water partition coefficient (Wildman–Crippen LogP) is 6.29. The summed E-state index contributed by atoms with van der Waals surface area (Å²) in [6, 6.07) is 1.23. The Morgan fingerprint density at radius 2 is 1.74 bits per heavy atom. The number of carbonyl (C=O) groups excluding carboxylic acids is 1. The summed E-state index contributed by atoms with van der Waals surface area (Å²) in [7, 11) is 0. The van der Waals surface area contributed by atoms with E-state index in [2.05, 4.69) is 29.1 Å². The van der Waals surface area contributed by atoms with E-state index < -0.39 is 23.1 Å². The fraction of sp³-hybridized carbons (Fsp3) is 0.538. The Morgan fingerprint density at radius 1 is 1.06 bits per heavy atom. The van der Waals surface area contributed by atoms with Gasteiger partial charge < -0.3 is 5.32 Å². The van der Waals surface area contributed by atoms with Gasteiger partial charge >= 0.3 is 0 Å². The smallest absolute Gasteiger partial charge is 0.210 e. The maximum Gasteiger partial charge on any atom is 0.210 e. The maximum absolute atomic E-state index is 14.4. The lowest BCUT2D eigenvalue weighted by Gasteiger charge is -2.30. The molecule has 2 aromatic heterocycles. The molecule has 6 nitrogen and oxygen atoms in total. The molecular formula is C26H30F3N5O. The van der Waals surface area contributed by atoms with Crippen molar-refractivity contribution < 1.29 is 18.0 Å². The van der Waals surface area contributed by atoms with E-state index >= 15 is 0 Å². The summed E-state index contributed by atoms with van der Waals surface area (Å²) in [6.07, 6.45) is 8.32. The topological polar surface area (TPSA) is 72.7 Å². The van der Waals surface area contributed by atoms with E-state index in [1.807, 2.05) is 4.57 Å². The fourth-order valence-electron chi connectivity index (χ4n) is 5.03. The molecule has 0 aliphatic heterocycles. The van der Waals surface area contributed by atoms with Gasteiger partial charge in [-0.15, -0.1) is 0 Å². The second-order valence-electron chi connectivity index (χ2n) is 10.4. The molecule has 5 rings (SSSR count). The van der Waals surface area contributed by atoms with E-state index in [-0.39, 0.29) is 17.9 Å². The van der Waals surface area contributed by atoms with Crippen molar-refractivity contribution in [1.29, 1.82) is 0 Å². The van der Waals surface area contributed by atoms with E-state index in [1.165, 1.54) is 0 Å². The molecule has 9 heteroatoms. The van der Waals surface area contributed by atoms with Crippen LogP contribution in [-0.4, -0.2) is 25.3 Å². The molecular weight excluding hydrogens is 455 g/mol. The quantitative estimate of drug-likeness (QED) is 0.406. The molecule has 1 N–H and O–H groups in total. The summed E-state index contributed by atoms with van der Waals surface area (Å²) < 4.78 is 44.2. The molecule has 35 heavy (non-hydrogen) atoms. The second kappa shape index (κ2) is 9.59. The minimum atomic E-state index is -1.04. The number of Topliss-reactive ketones (excluding diaryl/α,β-unsaturated/α-hetero) is 1. The number of aromatic nitrogens is 4. The fourth-order valence-corrected chi connectivity index (χ4v) is 5.03. The summed E-state index contributed by atoms with van der Waals surface area (Å²) in [5.41, 5.74) is 0.635. The van der Waals surface area contributed by atoms with Crippen LogP contribution in [0, 0.1) is 35.2 Å². The van der Waals surface area contributed by atoms with Crippen molar-refractivity contribution in [2.75, 3.05) is 5.32 Å². The van der Waals surface area contributed by atoms with Crippen LogP contribution in [0.5, 0.6) is 0 Å². The highest BCUT2D eigenvalue weighted by molar-refractivity contribution is 5.81. The van der Waals surface area contributed by atoms with Crippen molar-refractivity contribution in [2.45, 2.75) is 71.3 Å². The Bertz CT molecular complexity index is 1220. The molecule has 1 aromatic carbocycles. The molecule has 0 spiro atoms. The lowest BCUT2D eigenvalue weighted by molar-refractivity contribution is -0.124. The number of fused-ring (bicyclic) bond motifs is 1. The van der Waals surface area contributed by atoms with E-state index in [1.54, 1.807) is 6.20 Å². The Kier molecular flexibility index (Phi) is 6.51. The van der Waals surface area contributed by atoms with Crippen molar-refractivity contribution in [3.05, 3.63) is 41.6 Å². The molecule has 2 heterocycles. The van der Waals surface area contributed by atoms with Crippen LogP contribution in [0.15, 0.2) is 18.3 Å². The molecule has 0 bridgehead atoms. The number of nitrogens with zero attached hydrogens (tertiary/aromatic N) is 4. The van der Waals surface area contributed by atoms with Gasteiger partial charge in [-0.3, -0.25) is 9.36 Å². The van der Waals surface area contributed by atoms with Gasteiger partial charge in [0.15, 0.2) is 17.3 Å². The minimum Gasteiger partial charge on any atom is -0.321 e. The number of hydrogen-bond acceptors (Lipinski definition) is 5. The molecule has 2 fully saturated rings. The van der Waals surface area contributed by atoms with E-state index in [0.29, 0.717) is 59.6 Å². The van der Waals surface area contributed by atoms with Crippen molar-refractivity contribution in [3.63, 3.8) is 0 Å². The minimum absolute atomic E-state index is 0.0409. The maximum atomic E-state index is 14.4. The first-order valence-electron chi connectivity index (χ1n) is 12.5. The van der Waals surface area contributed by atoms with Gasteiger partial charge in [0.2, 0.25) is 5.95 Å². The zero-order valence-electron chi connectivity index (χ0n) is 20.0. The first kappa shape index (κ1) is 23.8. The molecule has 2 aliphatic rings. The number of nitrogens with one attached hydrogen (secondary N) is 1. The Labute approximate surface area is 202 Å². The molecule has 0 saturated heterocycles. The van der Waals surface area contributed by atoms with E-state index in [9.17, 15) is 18.0 Å². The number of carbonyl (C=O) groups is 1. The Hall–Kier alpha value is -2.97.